The number of nitrogens with one attached hydrogen (secondary N) is 2. The Hall–Kier alpha value is -4.92. The SMILES string of the molecule is CC(C)C[C@H](N)C(=O)Nc1nc(N)c2nc(CN(C)c3ccc(C(=O)N[C@@H](CCC(=O)O)C(=O)O)cc3)cnc2n1. The Morgan fingerprint density at radius 3 is 2.34 bits per heavy atom. The quantitative estimate of drug-likeness (QED) is 0.169. The molecule has 0 radical (unpaired) electrons. The Morgan fingerprint density at radius 1 is 1.05 bits per heavy atom. The van der Waals surface area contributed by atoms with E-state index in [1.54, 1.807) is 19.2 Å². The molecule has 0 aliphatic rings. The van der Waals surface area contributed by atoms with E-state index in [1.807, 2.05) is 18.7 Å². The molecule has 0 fully saturated rings. The molecule has 0 spiro atoms. The molecule has 2 aromatic heterocycles. The highest BCUT2D eigenvalue weighted by molar-refractivity contribution is 5.97. The number of carbonyl (C=O) groups is 4. The first-order valence-electron chi connectivity index (χ1n) is 12.8. The summed E-state index contributed by atoms with van der Waals surface area (Å²) in [5.41, 5.74) is 14.0. The van der Waals surface area contributed by atoms with E-state index >= 15 is 0 Å². The van der Waals surface area contributed by atoms with Crippen molar-refractivity contribution in [3.05, 3.63) is 41.7 Å². The average molecular weight is 568 g/mol. The number of aromatic nitrogens is 4. The molecule has 2 atom stereocenters. The number of hydrogen-bond acceptors (Lipinski definition) is 11. The number of rotatable bonds is 13. The third-order valence-electron chi connectivity index (χ3n) is 6.00. The van der Waals surface area contributed by atoms with E-state index in [4.69, 9.17) is 16.6 Å². The van der Waals surface area contributed by atoms with Gasteiger partial charge in [-0.05, 0) is 43.0 Å². The number of anilines is 3. The van der Waals surface area contributed by atoms with Crippen LogP contribution in [-0.2, 0) is 20.9 Å². The number of carbonyl (C=O) groups excluding carboxylic acids is 2. The molecule has 8 N–H and O–H groups in total. The summed E-state index contributed by atoms with van der Waals surface area (Å²) in [4.78, 5) is 65.9. The van der Waals surface area contributed by atoms with E-state index in [1.165, 1.54) is 18.3 Å². The Kier molecular flexibility index (Phi) is 10.0. The normalized spacial score (nSPS) is 12.5. The van der Waals surface area contributed by atoms with Crippen molar-refractivity contribution in [1.82, 2.24) is 25.3 Å². The highest BCUT2D eigenvalue weighted by Gasteiger charge is 2.22. The van der Waals surface area contributed by atoms with Gasteiger partial charge in [-0.2, -0.15) is 9.97 Å². The van der Waals surface area contributed by atoms with Gasteiger partial charge in [-0.1, -0.05) is 13.8 Å². The van der Waals surface area contributed by atoms with Gasteiger partial charge < -0.3 is 31.9 Å². The molecule has 3 rings (SSSR count). The molecular formula is C26H33N9O6. The lowest BCUT2D eigenvalue weighted by molar-refractivity contribution is -0.140. The number of hydrogen-bond donors (Lipinski definition) is 6. The second kappa shape index (κ2) is 13.4. The highest BCUT2D eigenvalue weighted by atomic mass is 16.4. The van der Waals surface area contributed by atoms with Crippen LogP contribution in [0.3, 0.4) is 0 Å². The van der Waals surface area contributed by atoms with Gasteiger partial charge in [-0.3, -0.25) is 19.7 Å². The number of nitrogens with two attached hydrogens (primary N) is 2. The Bertz CT molecular complexity index is 1430. The van der Waals surface area contributed by atoms with Crippen LogP contribution in [0.4, 0.5) is 17.5 Å². The third kappa shape index (κ3) is 8.53. The van der Waals surface area contributed by atoms with Gasteiger partial charge >= 0.3 is 11.9 Å². The number of benzene rings is 1. The van der Waals surface area contributed by atoms with Crippen molar-refractivity contribution in [3.8, 4) is 0 Å². The number of aliphatic carboxylic acids is 2. The maximum absolute atomic E-state index is 12.5. The Morgan fingerprint density at radius 2 is 1.73 bits per heavy atom. The van der Waals surface area contributed by atoms with Crippen LogP contribution in [0.1, 0.15) is 49.2 Å². The Balaban J connectivity index is 1.67. The molecule has 15 nitrogen and oxygen atoms in total. The summed E-state index contributed by atoms with van der Waals surface area (Å²) in [6, 6.07) is 4.36. The summed E-state index contributed by atoms with van der Waals surface area (Å²) in [5.74, 6) is -3.26. The van der Waals surface area contributed by atoms with Gasteiger partial charge in [-0.25, -0.2) is 14.8 Å². The first-order valence-corrected chi connectivity index (χ1v) is 12.8. The van der Waals surface area contributed by atoms with Crippen molar-refractivity contribution in [1.29, 1.82) is 0 Å². The molecule has 0 aliphatic heterocycles. The molecule has 1 aromatic carbocycles. The monoisotopic (exact) mass is 567 g/mol. The topological polar surface area (TPSA) is 240 Å². The smallest absolute Gasteiger partial charge is 0.326 e. The zero-order valence-electron chi connectivity index (χ0n) is 22.9. The van der Waals surface area contributed by atoms with Gasteiger partial charge in [0.25, 0.3) is 5.91 Å². The van der Waals surface area contributed by atoms with Crippen molar-refractivity contribution in [2.45, 2.75) is 51.7 Å². The highest BCUT2D eigenvalue weighted by Crippen LogP contribution is 2.20. The van der Waals surface area contributed by atoms with Crippen molar-refractivity contribution in [3.63, 3.8) is 0 Å². The number of carboxylic acid groups (broad SMARTS) is 2. The average Bonchev–Trinajstić information content (AvgIpc) is 2.90. The number of nitrogen functional groups attached to an aromatic ring is 1. The fourth-order valence-electron chi connectivity index (χ4n) is 3.88. The van der Waals surface area contributed by atoms with Crippen molar-refractivity contribution in [2.75, 3.05) is 23.0 Å². The van der Waals surface area contributed by atoms with Crippen LogP contribution >= 0.6 is 0 Å². The predicted molar refractivity (Wildman–Crippen MR) is 150 cm³/mol. The van der Waals surface area contributed by atoms with E-state index in [0.29, 0.717) is 18.7 Å². The van der Waals surface area contributed by atoms with E-state index in [9.17, 15) is 24.3 Å². The van der Waals surface area contributed by atoms with Crippen molar-refractivity contribution >= 4 is 52.4 Å². The predicted octanol–water partition coefficient (Wildman–Crippen LogP) is 0.998. The van der Waals surface area contributed by atoms with Crippen molar-refractivity contribution < 1.29 is 29.4 Å². The molecule has 0 aliphatic carbocycles. The molecule has 0 saturated carbocycles. The van der Waals surface area contributed by atoms with Gasteiger partial charge in [0.2, 0.25) is 11.9 Å². The molecule has 41 heavy (non-hydrogen) atoms. The molecule has 0 unspecified atom stereocenters. The van der Waals surface area contributed by atoms with Crippen LogP contribution in [0, 0.1) is 5.92 Å². The van der Waals surface area contributed by atoms with Crippen LogP contribution in [0.2, 0.25) is 0 Å². The second-order valence-electron chi connectivity index (χ2n) is 9.89. The van der Waals surface area contributed by atoms with Crippen LogP contribution in [0.25, 0.3) is 11.2 Å². The molecule has 218 valence electrons. The summed E-state index contributed by atoms with van der Waals surface area (Å²) in [5, 5.41) is 22.9. The van der Waals surface area contributed by atoms with Gasteiger partial charge in [-0.15, -0.1) is 0 Å². The summed E-state index contributed by atoms with van der Waals surface area (Å²) in [7, 11) is 1.80. The van der Waals surface area contributed by atoms with Crippen LogP contribution in [0.5, 0.6) is 0 Å². The largest absolute Gasteiger partial charge is 0.481 e. The molecule has 2 amide bonds. The zero-order chi connectivity index (χ0) is 30.3. The van der Waals surface area contributed by atoms with E-state index in [0.717, 1.165) is 5.69 Å². The fraction of sp³-hybridized carbons (Fsp3) is 0.385. The molecule has 0 bridgehead atoms. The lowest BCUT2D eigenvalue weighted by Gasteiger charge is -2.19. The second-order valence-corrected chi connectivity index (χ2v) is 9.89. The van der Waals surface area contributed by atoms with Gasteiger partial charge in [0, 0.05) is 24.7 Å². The summed E-state index contributed by atoms with van der Waals surface area (Å²) in [6.07, 6.45) is 1.40. The molecule has 0 saturated heterocycles. The van der Waals surface area contributed by atoms with E-state index < -0.39 is 35.8 Å². The van der Waals surface area contributed by atoms with E-state index in [-0.39, 0.29) is 47.3 Å². The lowest BCUT2D eigenvalue weighted by atomic mass is 10.0. The fourth-order valence-corrected chi connectivity index (χ4v) is 3.88. The van der Waals surface area contributed by atoms with Crippen LogP contribution < -0.4 is 27.0 Å². The lowest BCUT2D eigenvalue weighted by Crippen LogP contribution is -2.41. The minimum atomic E-state index is -1.32. The standard InChI is InChI=1S/C26H33N9O6/c1-13(2)10-17(27)24(39)34-26-32-21(28)20-22(33-26)29-11-15(30-20)12-35(3)16-6-4-14(5-7-16)23(38)31-18(25(40)41)8-9-19(36)37/h4-7,11,13,17-18H,8-10,12,27H2,1-3H3,(H,31,38)(H,36,37)(H,40,41)(H3,28,29,32,33,34,39)/t17-,18-/m0/s1. The maximum atomic E-state index is 12.5. The maximum Gasteiger partial charge on any atom is 0.326 e. The first kappa shape index (κ1) is 30.6. The first-order chi connectivity index (χ1) is 19.3. The minimum Gasteiger partial charge on any atom is -0.481 e. The van der Waals surface area contributed by atoms with Gasteiger partial charge in [0.05, 0.1) is 24.5 Å². The molecule has 15 heteroatoms. The minimum absolute atomic E-state index is 0.0148. The molecular weight excluding hydrogens is 534 g/mol. The number of nitrogens with zero attached hydrogens (tertiary/aromatic N) is 5. The molecule has 2 heterocycles. The van der Waals surface area contributed by atoms with Gasteiger partial charge in [0.1, 0.15) is 6.04 Å². The van der Waals surface area contributed by atoms with Crippen molar-refractivity contribution in [2.24, 2.45) is 11.7 Å². The Labute approximate surface area is 235 Å². The van der Waals surface area contributed by atoms with Crippen LogP contribution in [-0.4, -0.2) is 73.0 Å². The van der Waals surface area contributed by atoms with Crippen LogP contribution in [0.15, 0.2) is 30.5 Å². The van der Waals surface area contributed by atoms with Gasteiger partial charge in [0.15, 0.2) is 17.0 Å². The number of carboxylic acids is 2. The summed E-state index contributed by atoms with van der Waals surface area (Å²) < 4.78 is 0. The number of amides is 2. The zero-order valence-corrected chi connectivity index (χ0v) is 22.9. The summed E-state index contributed by atoms with van der Waals surface area (Å²) >= 11 is 0. The van der Waals surface area contributed by atoms with E-state index in [2.05, 4.69) is 30.6 Å². The molecule has 3 aromatic rings. The summed E-state index contributed by atoms with van der Waals surface area (Å²) in [6.45, 7) is 4.24. The number of fused-ring (bicyclic) bond motifs is 1. The third-order valence-corrected chi connectivity index (χ3v) is 6.00.